The predicted molar refractivity (Wildman–Crippen MR) is 142 cm³/mol. The molecular weight excluding hydrogens is 442 g/mol. The first-order chi connectivity index (χ1) is 16.9. The number of anilines is 1. The molecule has 0 saturated heterocycles. The van der Waals surface area contributed by atoms with Gasteiger partial charge in [-0.3, -0.25) is 4.79 Å². The van der Waals surface area contributed by atoms with E-state index in [2.05, 4.69) is 40.6 Å². The van der Waals surface area contributed by atoms with Crippen LogP contribution >= 0.6 is 0 Å². The SMILES string of the molecule is CN(C)CCCNC(=O)COc1ccc2oc3c(NCCCN(C)C)c4ccccc4nc3c2c1. The molecule has 186 valence electrons. The van der Waals surface area contributed by atoms with E-state index in [0.29, 0.717) is 12.3 Å². The maximum Gasteiger partial charge on any atom is 0.257 e. The fourth-order valence-electron chi connectivity index (χ4n) is 4.07. The molecule has 0 aliphatic heterocycles. The number of carbonyl (C=O) groups excluding carboxylic acids is 1. The molecule has 2 N–H and O–H groups in total. The summed E-state index contributed by atoms with van der Waals surface area (Å²) in [6.07, 6.45) is 1.91. The van der Waals surface area contributed by atoms with Crippen LogP contribution < -0.4 is 15.4 Å². The number of fused-ring (bicyclic) bond motifs is 4. The van der Waals surface area contributed by atoms with Crippen molar-refractivity contribution in [1.82, 2.24) is 20.1 Å². The van der Waals surface area contributed by atoms with Gasteiger partial charge in [-0.2, -0.15) is 0 Å². The molecule has 8 heteroatoms. The number of hydrogen-bond acceptors (Lipinski definition) is 7. The summed E-state index contributed by atoms with van der Waals surface area (Å²) in [4.78, 5) is 21.3. The number of pyridine rings is 1. The van der Waals surface area contributed by atoms with E-state index in [9.17, 15) is 4.79 Å². The number of hydrogen-bond donors (Lipinski definition) is 2. The third-order valence-corrected chi connectivity index (χ3v) is 5.82. The van der Waals surface area contributed by atoms with Crippen LogP contribution in [0.5, 0.6) is 5.75 Å². The van der Waals surface area contributed by atoms with Crippen molar-refractivity contribution in [1.29, 1.82) is 0 Å². The highest BCUT2D eigenvalue weighted by molar-refractivity contribution is 6.14. The summed E-state index contributed by atoms with van der Waals surface area (Å²) in [6.45, 7) is 3.37. The van der Waals surface area contributed by atoms with Crippen molar-refractivity contribution in [3.05, 3.63) is 42.5 Å². The van der Waals surface area contributed by atoms with Crippen LogP contribution in [0.15, 0.2) is 46.9 Å². The normalized spacial score (nSPS) is 11.7. The number of ether oxygens (including phenoxy) is 1. The standard InChI is InChI=1S/C27H35N5O3/c1-31(2)15-7-13-28-24(33)18-34-19-11-12-23-21(17-19)26-27(35-23)25(29-14-8-16-32(3)4)20-9-5-6-10-22(20)30-26/h5-6,9-12,17H,7-8,13-16,18H2,1-4H3,(H,28,33)(H,29,30). The quantitative estimate of drug-likeness (QED) is 0.299. The van der Waals surface area contributed by atoms with Gasteiger partial charge >= 0.3 is 0 Å². The van der Waals surface area contributed by atoms with E-state index in [-0.39, 0.29) is 12.5 Å². The monoisotopic (exact) mass is 477 g/mol. The average molecular weight is 478 g/mol. The van der Waals surface area contributed by atoms with Crippen molar-refractivity contribution in [3.63, 3.8) is 0 Å². The summed E-state index contributed by atoms with van der Waals surface area (Å²) in [5, 5.41) is 8.38. The number of nitrogens with one attached hydrogen (secondary N) is 2. The van der Waals surface area contributed by atoms with Crippen LogP contribution in [0.25, 0.3) is 33.0 Å². The lowest BCUT2D eigenvalue weighted by atomic mass is 10.1. The second-order valence-electron chi connectivity index (χ2n) is 9.32. The molecule has 0 radical (unpaired) electrons. The molecule has 0 saturated carbocycles. The van der Waals surface area contributed by atoms with Crippen LogP contribution in [-0.4, -0.2) is 81.7 Å². The van der Waals surface area contributed by atoms with E-state index in [4.69, 9.17) is 14.1 Å². The minimum Gasteiger partial charge on any atom is -0.484 e. The number of aromatic nitrogens is 1. The van der Waals surface area contributed by atoms with Crippen molar-refractivity contribution < 1.29 is 13.9 Å². The van der Waals surface area contributed by atoms with E-state index in [0.717, 1.165) is 71.1 Å². The number of amides is 1. The van der Waals surface area contributed by atoms with Gasteiger partial charge in [-0.25, -0.2) is 4.98 Å². The van der Waals surface area contributed by atoms with Crippen LogP contribution in [-0.2, 0) is 4.79 Å². The fraction of sp³-hybridized carbons (Fsp3) is 0.407. The second kappa shape index (κ2) is 11.4. The molecule has 2 heterocycles. The number of rotatable bonds is 12. The Hall–Kier alpha value is -3.36. The molecule has 0 aliphatic rings. The molecule has 35 heavy (non-hydrogen) atoms. The predicted octanol–water partition coefficient (Wildman–Crippen LogP) is 3.94. The van der Waals surface area contributed by atoms with E-state index in [1.54, 1.807) is 0 Å². The van der Waals surface area contributed by atoms with E-state index in [1.807, 2.05) is 50.5 Å². The maximum atomic E-state index is 12.2. The minimum atomic E-state index is -0.130. The van der Waals surface area contributed by atoms with Gasteiger partial charge in [0.1, 0.15) is 16.8 Å². The molecule has 0 bridgehead atoms. The maximum absolute atomic E-state index is 12.2. The molecule has 2 aromatic heterocycles. The highest BCUT2D eigenvalue weighted by atomic mass is 16.5. The van der Waals surface area contributed by atoms with Gasteiger partial charge in [0, 0.05) is 18.5 Å². The summed E-state index contributed by atoms with van der Waals surface area (Å²) in [7, 11) is 8.19. The highest BCUT2D eigenvalue weighted by Gasteiger charge is 2.17. The summed E-state index contributed by atoms with van der Waals surface area (Å²) < 4.78 is 12.0. The third-order valence-electron chi connectivity index (χ3n) is 5.82. The Morgan fingerprint density at radius 2 is 1.71 bits per heavy atom. The summed E-state index contributed by atoms with van der Waals surface area (Å²) >= 11 is 0. The zero-order valence-corrected chi connectivity index (χ0v) is 21.1. The van der Waals surface area contributed by atoms with Crippen molar-refractivity contribution >= 4 is 44.6 Å². The van der Waals surface area contributed by atoms with Gasteiger partial charge in [-0.05, 0) is 78.4 Å². The van der Waals surface area contributed by atoms with Gasteiger partial charge in [0.25, 0.3) is 5.91 Å². The molecule has 0 spiro atoms. The van der Waals surface area contributed by atoms with Crippen LogP contribution in [0.3, 0.4) is 0 Å². The van der Waals surface area contributed by atoms with Gasteiger partial charge in [0.2, 0.25) is 0 Å². The summed E-state index contributed by atoms with van der Waals surface area (Å²) in [5.74, 6) is 0.480. The Morgan fingerprint density at radius 3 is 2.49 bits per heavy atom. The van der Waals surface area contributed by atoms with Gasteiger partial charge in [-0.1, -0.05) is 18.2 Å². The minimum absolute atomic E-state index is 0.0295. The summed E-state index contributed by atoms with van der Waals surface area (Å²) in [5.41, 5.74) is 4.12. The molecule has 4 rings (SSSR count). The largest absolute Gasteiger partial charge is 0.484 e. The number of benzene rings is 2. The molecular formula is C27H35N5O3. The van der Waals surface area contributed by atoms with Gasteiger partial charge < -0.3 is 29.6 Å². The smallest absolute Gasteiger partial charge is 0.257 e. The van der Waals surface area contributed by atoms with Crippen LogP contribution in [0, 0.1) is 0 Å². The van der Waals surface area contributed by atoms with Crippen LogP contribution in [0.4, 0.5) is 5.69 Å². The zero-order valence-electron chi connectivity index (χ0n) is 21.1. The van der Waals surface area contributed by atoms with Gasteiger partial charge in [-0.15, -0.1) is 0 Å². The second-order valence-corrected chi connectivity index (χ2v) is 9.32. The Morgan fingerprint density at radius 1 is 0.971 bits per heavy atom. The van der Waals surface area contributed by atoms with Crippen molar-refractivity contribution in [2.75, 3.05) is 66.3 Å². The number of para-hydroxylation sites is 1. The lowest BCUT2D eigenvalue weighted by Crippen LogP contribution is -2.31. The van der Waals surface area contributed by atoms with Gasteiger partial charge in [0.05, 0.1) is 16.6 Å². The van der Waals surface area contributed by atoms with Crippen molar-refractivity contribution in [2.24, 2.45) is 0 Å². The zero-order chi connectivity index (χ0) is 24.8. The van der Waals surface area contributed by atoms with E-state index in [1.165, 1.54) is 0 Å². The topological polar surface area (TPSA) is 82.9 Å². The molecule has 0 unspecified atom stereocenters. The Bertz CT molecular complexity index is 1300. The highest BCUT2D eigenvalue weighted by Crippen LogP contribution is 2.38. The Labute approximate surface area is 206 Å². The van der Waals surface area contributed by atoms with Crippen LogP contribution in [0.1, 0.15) is 12.8 Å². The van der Waals surface area contributed by atoms with Gasteiger partial charge in [0.15, 0.2) is 12.2 Å². The molecule has 0 atom stereocenters. The van der Waals surface area contributed by atoms with E-state index < -0.39 is 0 Å². The molecule has 1 amide bonds. The summed E-state index contributed by atoms with van der Waals surface area (Å²) in [6, 6.07) is 13.7. The first-order valence-electron chi connectivity index (χ1n) is 12.1. The fourth-order valence-corrected chi connectivity index (χ4v) is 4.07. The average Bonchev–Trinajstić information content (AvgIpc) is 3.20. The lowest BCUT2D eigenvalue weighted by Gasteiger charge is -2.12. The lowest BCUT2D eigenvalue weighted by molar-refractivity contribution is -0.123. The molecule has 2 aromatic carbocycles. The molecule has 8 nitrogen and oxygen atoms in total. The first kappa shape index (κ1) is 24.8. The number of furan rings is 1. The molecule has 0 aliphatic carbocycles. The molecule has 0 fully saturated rings. The van der Waals surface area contributed by atoms with E-state index >= 15 is 0 Å². The number of carbonyl (C=O) groups is 1. The van der Waals surface area contributed by atoms with Crippen molar-refractivity contribution in [2.45, 2.75) is 12.8 Å². The number of nitrogens with zero attached hydrogens (tertiary/aromatic N) is 3. The first-order valence-corrected chi connectivity index (χ1v) is 12.1. The third kappa shape index (κ3) is 6.21. The van der Waals surface area contributed by atoms with Crippen molar-refractivity contribution in [3.8, 4) is 5.75 Å². The molecule has 4 aromatic rings. The van der Waals surface area contributed by atoms with Crippen LogP contribution in [0.2, 0.25) is 0 Å². The Kier molecular flexibility index (Phi) is 8.05. The Balaban J connectivity index is 1.55.